The van der Waals surface area contributed by atoms with Gasteiger partial charge in [-0.15, -0.1) is 0 Å². The summed E-state index contributed by atoms with van der Waals surface area (Å²) in [6, 6.07) is 67.0. The highest BCUT2D eigenvalue weighted by molar-refractivity contribution is 6.09. The van der Waals surface area contributed by atoms with Gasteiger partial charge in [-0.2, -0.15) is 0 Å². The van der Waals surface area contributed by atoms with E-state index >= 15 is 0 Å². The summed E-state index contributed by atoms with van der Waals surface area (Å²) < 4.78 is 6.38. The molecule has 1 aromatic heterocycles. The van der Waals surface area contributed by atoms with Crippen molar-refractivity contribution in [1.82, 2.24) is 0 Å². The van der Waals surface area contributed by atoms with Gasteiger partial charge in [-0.25, -0.2) is 0 Å². The van der Waals surface area contributed by atoms with Crippen molar-refractivity contribution in [3.8, 4) is 33.4 Å². The first-order valence-electron chi connectivity index (χ1n) is 16.3. The predicted molar refractivity (Wildman–Crippen MR) is 202 cm³/mol. The molecule has 8 aromatic carbocycles. The lowest BCUT2D eigenvalue weighted by Crippen LogP contribution is -2.10. The molecule has 0 saturated carbocycles. The van der Waals surface area contributed by atoms with Crippen molar-refractivity contribution in [2.24, 2.45) is 0 Å². The van der Waals surface area contributed by atoms with E-state index < -0.39 is 0 Å². The van der Waals surface area contributed by atoms with E-state index in [1.165, 1.54) is 33.0 Å². The molecule has 0 aliphatic rings. The molecular weight excluding hydrogens is 583 g/mol. The molecule has 0 fully saturated rings. The van der Waals surface area contributed by atoms with Gasteiger partial charge >= 0.3 is 0 Å². The minimum absolute atomic E-state index is 0.910. The zero-order valence-electron chi connectivity index (χ0n) is 26.3. The number of rotatable bonds is 6. The maximum Gasteiger partial charge on any atom is 0.143 e. The van der Waals surface area contributed by atoms with Crippen LogP contribution < -0.4 is 4.90 Å². The summed E-state index contributed by atoms with van der Waals surface area (Å²) in [6.07, 6.45) is 0. The van der Waals surface area contributed by atoms with Gasteiger partial charge in [0.2, 0.25) is 0 Å². The number of benzene rings is 8. The van der Waals surface area contributed by atoms with E-state index in [9.17, 15) is 0 Å². The molecule has 0 N–H and O–H groups in total. The molecule has 2 heteroatoms. The summed E-state index contributed by atoms with van der Waals surface area (Å²) in [5.74, 6) is 0. The van der Waals surface area contributed by atoms with Crippen molar-refractivity contribution in [1.29, 1.82) is 0 Å². The van der Waals surface area contributed by atoms with Crippen LogP contribution in [0.15, 0.2) is 192 Å². The summed E-state index contributed by atoms with van der Waals surface area (Å²) in [7, 11) is 0. The van der Waals surface area contributed by atoms with E-state index in [1.807, 2.05) is 12.1 Å². The van der Waals surface area contributed by atoms with Crippen LogP contribution in [0, 0.1) is 0 Å². The third-order valence-corrected chi connectivity index (χ3v) is 9.24. The predicted octanol–water partition coefficient (Wildman–Crippen LogP) is 13.2. The van der Waals surface area contributed by atoms with E-state index in [4.69, 9.17) is 4.42 Å². The molecule has 2 nitrogen and oxygen atoms in total. The third kappa shape index (κ3) is 5.01. The van der Waals surface area contributed by atoms with Gasteiger partial charge in [0.1, 0.15) is 11.2 Å². The molecule has 0 saturated heterocycles. The van der Waals surface area contributed by atoms with Gasteiger partial charge in [-0.1, -0.05) is 140 Å². The van der Waals surface area contributed by atoms with Crippen LogP contribution in [0.2, 0.25) is 0 Å². The van der Waals surface area contributed by atoms with Crippen LogP contribution in [0.5, 0.6) is 0 Å². The molecule has 0 spiro atoms. The minimum Gasteiger partial charge on any atom is -0.455 e. The average Bonchev–Trinajstić information content (AvgIpc) is 3.55. The number of anilines is 3. The van der Waals surface area contributed by atoms with Gasteiger partial charge in [-0.05, 0) is 87.1 Å². The summed E-state index contributed by atoms with van der Waals surface area (Å²) in [5.41, 5.74) is 12.1. The Morgan fingerprint density at radius 2 is 0.917 bits per heavy atom. The number of hydrogen-bond acceptors (Lipinski definition) is 2. The van der Waals surface area contributed by atoms with E-state index in [1.54, 1.807) is 0 Å². The SMILES string of the molecule is c1ccc(-c2cccc(N(c3ccc(-c4cccc5c4oc4ccccc45)cc3)c3cccc(-c4ccc5ccccc5c4)c3)c2)cc1. The zero-order chi connectivity index (χ0) is 31.9. The van der Waals surface area contributed by atoms with E-state index in [-0.39, 0.29) is 0 Å². The Morgan fingerprint density at radius 1 is 0.333 bits per heavy atom. The second kappa shape index (κ2) is 11.8. The van der Waals surface area contributed by atoms with E-state index in [0.717, 1.165) is 50.1 Å². The second-order valence-corrected chi connectivity index (χ2v) is 12.2. The first-order chi connectivity index (χ1) is 23.8. The molecule has 0 amide bonds. The number of hydrogen-bond donors (Lipinski definition) is 0. The lowest BCUT2D eigenvalue weighted by atomic mass is 9.99. The Bertz CT molecular complexity index is 2560. The fourth-order valence-electron chi connectivity index (χ4n) is 6.86. The largest absolute Gasteiger partial charge is 0.455 e. The molecule has 0 bridgehead atoms. The van der Waals surface area contributed by atoms with E-state index in [0.29, 0.717) is 0 Å². The molecule has 0 unspecified atom stereocenters. The molecule has 0 radical (unpaired) electrons. The third-order valence-electron chi connectivity index (χ3n) is 9.24. The lowest BCUT2D eigenvalue weighted by molar-refractivity contribution is 0.670. The molecule has 0 aliphatic carbocycles. The van der Waals surface area contributed by atoms with E-state index in [2.05, 4.69) is 181 Å². The molecule has 1 heterocycles. The Hall–Kier alpha value is -6.38. The highest BCUT2D eigenvalue weighted by atomic mass is 16.3. The zero-order valence-corrected chi connectivity index (χ0v) is 26.3. The van der Waals surface area contributed by atoms with Crippen molar-refractivity contribution in [3.63, 3.8) is 0 Å². The minimum atomic E-state index is 0.910. The van der Waals surface area contributed by atoms with Crippen molar-refractivity contribution in [2.75, 3.05) is 4.90 Å². The van der Waals surface area contributed by atoms with Crippen molar-refractivity contribution < 1.29 is 4.42 Å². The average molecular weight is 614 g/mol. The molecule has 0 aliphatic heterocycles. The lowest BCUT2D eigenvalue weighted by Gasteiger charge is -2.27. The fourth-order valence-corrected chi connectivity index (χ4v) is 6.86. The number of fused-ring (bicyclic) bond motifs is 4. The highest BCUT2D eigenvalue weighted by Gasteiger charge is 2.17. The van der Waals surface area contributed by atoms with Crippen LogP contribution in [0.25, 0.3) is 66.1 Å². The molecular formula is C46H31NO. The summed E-state index contributed by atoms with van der Waals surface area (Å²) >= 11 is 0. The van der Waals surface area contributed by atoms with Crippen LogP contribution in [-0.4, -0.2) is 0 Å². The monoisotopic (exact) mass is 613 g/mol. The molecule has 0 atom stereocenters. The maximum atomic E-state index is 6.38. The summed E-state index contributed by atoms with van der Waals surface area (Å²) in [4.78, 5) is 2.35. The van der Waals surface area contributed by atoms with Gasteiger partial charge in [0.05, 0.1) is 0 Å². The normalized spacial score (nSPS) is 11.3. The standard InChI is InChI=1S/C46H31NO/c1-2-11-32(12-3-1)36-15-8-17-40(30-36)47(41-18-9-16-37(31-41)38-24-23-33-13-4-5-14-35(33)29-38)39-27-25-34(26-28-39)42-20-10-21-44-43-19-6-7-22-45(43)48-46(42)44/h1-31H. The Morgan fingerprint density at radius 3 is 1.71 bits per heavy atom. The van der Waals surface area contributed by atoms with Crippen LogP contribution in [0.4, 0.5) is 17.1 Å². The Balaban J connectivity index is 1.16. The Kier molecular flexibility index (Phi) is 6.84. The summed E-state index contributed by atoms with van der Waals surface area (Å²) in [5, 5.41) is 4.76. The van der Waals surface area contributed by atoms with Crippen LogP contribution in [-0.2, 0) is 0 Å². The number of para-hydroxylation sites is 2. The molecule has 9 rings (SSSR count). The fraction of sp³-hybridized carbons (Fsp3) is 0. The van der Waals surface area contributed by atoms with Crippen molar-refractivity contribution in [3.05, 3.63) is 188 Å². The quantitative estimate of drug-likeness (QED) is 0.185. The van der Waals surface area contributed by atoms with Gasteiger partial charge in [-0.3, -0.25) is 0 Å². The highest BCUT2D eigenvalue weighted by Crippen LogP contribution is 2.41. The van der Waals surface area contributed by atoms with Crippen LogP contribution >= 0.6 is 0 Å². The van der Waals surface area contributed by atoms with Gasteiger partial charge < -0.3 is 9.32 Å². The smallest absolute Gasteiger partial charge is 0.143 e. The van der Waals surface area contributed by atoms with Crippen LogP contribution in [0.1, 0.15) is 0 Å². The maximum absolute atomic E-state index is 6.38. The number of nitrogens with zero attached hydrogens (tertiary/aromatic N) is 1. The first-order valence-corrected chi connectivity index (χ1v) is 16.3. The Labute approximate surface area is 279 Å². The topological polar surface area (TPSA) is 16.4 Å². The molecule has 226 valence electrons. The van der Waals surface area contributed by atoms with Gasteiger partial charge in [0, 0.05) is 33.4 Å². The van der Waals surface area contributed by atoms with Crippen molar-refractivity contribution in [2.45, 2.75) is 0 Å². The molecule has 48 heavy (non-hydrogen) atoms. The van der Waals surface area contributed by atoms with Crippen LogP contribution in [0.3, 0.4) is 0 Å². The van der Waals surface area contributed by atoms with Gasteiger partial charge in [0.25, 0.3) is 0 Å². The number of furan rings is 1. The first kappa shape index (κ1) is 27.9. The summed E-state index contributed by atoms with van der Waals surface area (Å²) in [6.45, 7) is 0. The molecule has 9 aromatic rings. The van der Waals surface area contributed by atoms with Gasteiger partial charge in [0.15, 0.2) is 0 Å². The second-order valence-electron chi connectivity index (χ2n) is 12.2. The van der Waals surface area contributed by atoms with Crippen molar-refractivity contribution >= 4 is 49.8 Å².